The van der Waals surface area contributed by atoms with Crippen LogP contribution in [0, 0.1) is 29.1 Å². The maximum absolute atomic E-state index is 12.4. The molecule has 0 aromatic carbocycles. The number of esters is 1. The first-order valence-corrected chi connectivity index (χ1v) is 12.6. The fourth-order valence-electron chi connectivity index (χ4n) is 6.58. The lowest BCUT2D eigenvalue weighted by Crippen LogP contribution is -2.70. The second kappa shape index (κ2) is 8.77. The minimum atomic E-state index is -1.09. The fraction of sp³-hybridized carbons (Fsp3) is 0.808. The van der Waals surface area contributed by atoms with E-state index in [2.05, 4.69) is 18.3 Å². The summed E-state index contributed by atoms with van der Waals surface area (Å²) >= 11 is 0. The lowest BCUT2D eigenvalue weighted by atomic mass is 9.49. The van der Waals surface area contributed by atoms with Crippen LogP contribution in [0.15, 0.2) is 23.7 Å². The average molecular weight is 448 g/mol. The number of carbonyl (C=O) groups excluding carboxylic acids is 1. The van der Waals surface area contributed by atoms with Gasteiger partial charge in [0.15, 0.2) is 5.76 Å². The summed E-state index contributed by atoms with van der Waals surface area (Å²) in [5, 5.41) is 26.9. The second-order valence-electron chi connectivity index (χ2n) is 10.9. The van der Waals surface area contributed by atoms with Gasteiger partial charge >= 0.3 is 5.97 Å². The van der Waals surface area contributed by atoms with E-state index in [1.807, 2.05) is 33.8 Å². The van der Waals surface area contributed by atoms with Crippen molar-refractivity contribution in [3.05, 3.63) is 23.7 Å². The Kier molecular flexibility index (Phi) is 6.51. The molecule has 3 N–H and O–H groups in total. The summed E-state index contributed by atoms with van der Waals surface area (Å²) < 4.78 is 12.2. The van der Waals surface area contributed by atoms with Gasteiger partial charge in [-0.15, -0.1) is 0 Å². The minimum Gasteiger partial charge on any atom is -0.487 e. The second-order valence-corrected chi connectivity index (χ2v) is 10.9. The van der Waals surface area contributed by atoms with Gasteiger partial charge in [-0.3, -0.25) is 4.79 Å². The zero-order chi connectivity index (χ0) is 23.3. The molecule has 2 saturated carbocycles. The Morgan fingerprint density at radius 1 is 1.34 bits per heavy atom. The van der Waals surface area contributed by atoms with Gasteiger partial charge in [-0.1, -0.05) is 40.2 Å². The standard InChI is InChI=1S/C26H41NO5/c1-6-18(28)23-26(7-2)21-17(11-12-19(22(21)32-23)31-24(29)15(3)4)13-20(25(26,5)30)27-14-16-9-8-10-16/h11-12,15-18,20-21,23,27-28,30H,6-10,13-14H2,1-5H3. The Labute approximate surface area is 192 Å². The summed E-state index contributed by atoms with van der Waals surface area (Å²) in [6, 6.07) is -0.0942. The van der Waals surface area contributed by atoms with E-state index in [9.17, 15) is 15.0 Å². The van der Waals surface area contributed by atoms with Crippen molar-refractivity contribution in [3.8, 4) is 0 Å². The molecule has 1 saturated heterocycles. The minimum absolute atomic E-state index is 0.0942. The third-order valence-corrected chi connectivity index (χ3v) is 8.81. The number of rotatable bonds is 8. The first kappa shape index (κ1) is 23.8. The summed E-state index contributed by atoms with van der Waals surface area (Å²) in [6.45, 7) is 10.5. The maximum Gasteiger partial charge on any atom is 0.313 e. The van der Waals surface area contributed by atoms with Crippen LogP contribution in [0.4, 0.5) is 0 Å². The van der Waals surface area contributed by atoms with Gasteiger partial charge in [0.25, 0.3) is 0 Å². The third kappa shape index (κ3) is 3.54. The zero-order valence-electron chi connectivity index (χ0n) is 20.3. The molecule has 3 aliphatic carbocycles. The summed E-state index contributed by atoms with van der Waals surface area (Å²) in [7, 11) is 0. The molecule has 6 nitrogen and oxygen atoms in total. The Hall–Kier alpha value is -1.37. The van der Waals surface area contributed by atoms with Crippen molar-refractivity contribution in [1.29, 1.82) is 0 Å². The molecule has 7 atom stereocenters. The van der Waals surface area contributed by atoms with Crippen molar-refractivity contribution in [2.75, 3.05) is 6.54 Å². The Morgan fingerprint density at radius 2 is 2.06 bits per heavy atom. The molecule has 4 rings (SSSR count). The predicted molar refractivity (Wildman–Crippen MR) is 122 cm³/mol. The number of aliphatic hydroxyl groups excluding tert-OH is 1. The molecule has 0 bridgehead atoms. The number of carbonyl (C=O) groups is 1. The highest BCUT2D eigenvalue weighted by Crippen LogP contribution is 2.65. The molecule has 0 aromatic rings. The molecule has 32 heavy (non-hydrogen) atoms. The van der Waals surface area contributed by atoms with E-state index >= 15 is 0 Å². The van der Waals surface area contributed by atoms with Gasteiger partial charge in [-0.05, 0) is 63.5 Å². The fourth-order valence-corrected chi connectivity index (χ4v) is 6.58. The van der Waals surface area contributed by atoms with Gasteiger partial charge in [0, 0.05) is 12.0 Å². The largest absolute Gasteiger partial charge is 0.487 e. The van der Waals surface area contributed by atoms with E-state index in [-0.39, 0.29) is 29.8 Å². The highest BCUT2D eigenvalue weighted by atomic mass is 16.6. The van der Waals surface area contributed by atoms with Crippen LogP contribution >= 0.6 is 0 Å². The van der Waals surface area contributed by atoms with Gasteiger partial charge in [0.2, 0.25) is 0 Å². The van der Waals surface area contributed by atoms with Gasteiger partial charge in [0.05, 0.1) is 23.0 Å². The quantitative estimate of drug-likeness (QED) is 0.492. The Bertz CT molecular complexity index is 783. The van der Waals surface area contributed by atoms with Crippen LogP contribution in [-0.4, -0.2) is 46.6 Å². The van der Waals surface area contributed by atoms with Crippen molar-refractivity contribution in [2.24, 2.45) is 29.1 Å². The molecule has 0 amide bonds. The average Bonchev–Trinajstić information content (AvgIpc) is 3.09. The molecule has 0 aromatic heterocycles. The maximum atomic E-state index is 12.4. The molecule has 4 aliphatic rings. The van der Waals surface area contributed by atoms with Gasteiger partial charge < -0.3 is 25.0 Å². The Balaban J connectivity index is 1.74. The van der Waals surface area contributed by atoms with E-state index in [0.717, 1.165) is 13.0 Å². The normalized spacial score (nSPS) is 39.5. The monoisotopic (exact) mass is 447 g/mol. The van der Waals surface area contributed by atoms with Crippen LogP contribution < -0.4 is 5.32 Å². The van der Waals surface area contributed by atoms with E-state index in [0.29, 0.717) is 30.3 Å². The van der Waals surface area contributed by atoms with Gasteiger partial charge in [0.1, 0.15) is 11.9 Å². The number of allylic oxidation sites excluding steroid dienone is 3. The molecule has 0 radical (unpaired) electrons. The van der Waals surface area contributed by atoms with Crippen LogP contribution in [-0.2, 0) is 14.3 Å². The van der Waals surface area contributed by atoms with Crippen molar-refractivity contribution >= 4 is 5.97 Å². The SMILES string of the molecule is CCC(O)C1OC2=C(OC(=O)C(C)C)C=CC3CC(NCC4CCC4)C(C)(O)C1(CC)C23. The number of aliphatic hydroxyl groups is 2. The molecular formula is C26H41NO5. The number of ether oxygens (including phenoxy) is 2. The summed E-state index contributed by atoms with van der Waals surface area (Å²) in [5.41, 5.74) is -1.77. The first-order valence-electron chi connectivity index (χ1n) is 12.6. The summed E-state index contributed by atoms with van der Waals surface area (Å²) in [6.07, 6.45) is 8.49. The molecule has 1 heterocycles. The topological polar surface area (TPSA) is 88.0 Å². The summed E-state index contributed by atoms with van der Waals surface area (Å²) in [5.74, 6) is 1.22. The van der Waals surface area contributed by atoms with Crippen molar-refractivity contribution in [3.63, 3.8) is 0 Å². The zero-order valence-corrected chi connectivity index (χ0v) is 20.3. The molecule has 0 spiro atoms. The molecule has 3 fully saturated rings. The molecule has 6 heteroatoms. The van der Waals surface area contributed by atoms with E-state index in [1.54, 1.807) is 0 Å². The smallest absolute Gasteiger partial charge is 0.313 e. The van der Waals surface area contributed by atoms with Crippen LogP contribution in [0.5, 0.6) is 0 Å². The summed E-state index contributed by atoms with van der Waals surface area (Å²) in [4.78, 5) is 12.4. The predicted octanol–water partition coefficient (Wildman–Crippen LogP) is 3.68. The van der Waals surface area contributed by atoms with Crippen LogP contribution in [0.3, 0.4) is 0 Å². The van der Waals surface area contributed by atoms with Crippen LogP contribution in [0.2, 0.25) is 0 Å². The van der Waals surface area contributed by atoms with Crippen molar-refractivity contribution < 1.29 is 24.5 Å². The Morgan fingerprint density at radius 3 is 2.62 bits per heavy atom. The van der Waals surface area contributed by atoms with Gasteiger partial charge in [-0.25, -0.2) is 0 Å². The highest BCUT2D eigenvalue weighted by Gasteiger charge is 2.71. The van der Waals surface area contributed by atoms with Crippen LogP contribution in [0.25, 0.3) is 0 Å². The third-order valence-electron chi connectivity index (χ3n) is 8.81. The molecule has 7 unspecified atom stereocenters. The highest BCUT2D eigenvalue weighted by molar-refractivity contribution is 5.73. The van der Waals surface area contributed by atoms with Crippen molar-refractivity contribution in [1.82, 2.24) is 5.32 Å². The lowest BCUT2D eigenvalue weighted by Gasteiger charge is -2.58. The molecule has 1 aliphatic heterocycles. The molecular weight excluding hydrogens is 406 g/mol. The number of nitrogens with one attached hydrogen (secondary N) is 1. The van der Waals surface area contributed by atoms with E-state index in [1.165, 1.54) is 19.3 Å². The van der Waals surface area contributed by atoms with Crippen molar-refractivity contribution in [2.45, 2.75) is 97.0 Å². The lowest BCUT2D eigenvalue weighted by molar-refractivity contribution is -0.190. The van der Waals surface area contributed by atoms with Crippen LogP contribution in [0.1, 0.15) is 73.1 Å². The van der Waals surface area contributed by atoms with E-state index in [4.69, 9.17) is 9.47 Å². The molecule has 180 valence electrons. The van der Waals surface area contributed by atoms with E-state index < -0.39 is 23.2 Å². The van der Waals surface area contributed by atoms with Gasteiger partial charge in [-0.2, -0.15) is 0 Å². The first-order chi connectivity index (χ1) is 15.2. The number of hydrogen-bond donors (Lipinski definition) is 3. The number of hydrogen-bond acceptors (Lipinski definition) is 6.